The van der Waals surface area contributed by atoms with Gasteiger partial charge in [-0.3, -0.25) is 14.6 Å². The Kier molecular flexibility index (Phi) is 8.89. The van der Waals surface area contributed by atoms with Crippen LogP contribution in [0.15, 0.2) is 61.1 Å². The lowest BCUT2D eigenvalue weighted by atomic mass is 9.99. The number of benzene rings is 1. The zero-order chi connectivity index (χ0) is 27.9. The Labute approximate surface area is 227 Å². The van der Waals surface area contributed by atoms with Crippen molar-refractivity contribution >= 4 is 11.8 Å². The predicted molar refractivity (Wildman–Crippen MR) is 143 cm³/mol. The van der Waals surface area contributed by atoms with Crippen LogP contribution in [0.4, 0.5) is 4.39 Å². The highest BCUT2D eigenvalue weighted by Gasteiger charge is 2.34. The molecule has 2 amide bonds. The van der Waals surface area contributed by atoms with Crippen molar-refractivity contribution < 1.29 is 23.8 Å². The minimum Gasteiger partial charge on any atom is -0.472 e. The Morgan fingerprint density at radius 3 is 2.77 bits per heavy atom. The van der Waals surface area contributed by atoms with Crippen LogP contribution < -0.4 is 4.74 Å². The Morgan fingerprint density at radius 1 is 1.26 bits per heavy atom. The summed E-state index contributed by atoms with van der Waals surface area (Å²) in [6.07, 6.45) is 4.52. The number of ether oxygens (including phenoxy) is 1. The van der Waals surface area contributed by atoms with E-state index in [2.05, 4.69) is 21.8 Å². The Balaban J connectivity index is 1.62. The number of amides is 2. The fourth-order valence-corrected chi connectivity index (χ4v) is 4.27. The third kappa shape index (κ3) is 6.78. The molecule has 1 aromatic carbocycles. The normalized spacial score (nSPS) is 17.6. The number of halogens is 1. The fourth-order valence-electron chi connectivity index (χ4n) is 4.27. The van der Waals surface area contributed by atoms with Crippen molar-refractivity contribution in [3.63, 3.8) is 0 Å². The van der Waals surface area contributed by atoms with Gasteiger partial charge >= 0.3 is 0 Å². The zero-order valence-corrected chi connectivity index (χ0v) is 22.2. The van der Waals surface area contributed by atoms with Crippen molar-refractivity contribution in [3.8, 4) is 17.7 Å². The summed E-state index contributed by atoms with van der Waals surface area (Å²) in [6, 6.07) is 10.9. The summed E-state index contributed by atoms with van der Waals surface area (Å²) in [4.78, 5) is 38.1. The SMILES string of the molecule is C[C@@H]1CN([C@H](C)CO)C(=O)c2cc(C#Cc3ccccc3F)cnc2O[C@@H]1CN(C)C(=O)Cc1cccnc1. The molecule has 0 saturated carbocycles. The molecule has 4 rings (SSSR count). The van der Waals surface area contributed by atoms with Crippen molar-refractivity contribution in [2.45, 2.75) is 32.4 Å². The van der Waals surface area contributed by atoms with Crippen molar-refractivity contribution in [2.75, 3.05) is 26.7 Å². The van der Waals surface area contributed by atoms with E-state index in [0.29, 0.717) is 12.1 Å². The van der Waals surface area contributed by atoms with Crippen molar-refractivity contribution in [3.05, 3.63) is 89.1 Å². The molecular formula is C30H31FN4O4. The van der Waals surface area contributed by atoms with Gasteiger partial charge in [0.05, 0.1) is 31.2 Å². The summed E-state index contributed by atoms with van der Waals surface area (Å²) in [6.45, 7) is 4.06. The number of carbonyl (C=O) groups excluding carboxylic acids is 2. The quantitative estimate of drug-likeness (QED) is 0.493. The van der Waals surface area contributed by atoms with Gasteiger partial charge in [0, 0.05) is 43.7 Å². The number of carbonyl (C=O) groups is 2. The lowest BCUT2D eigenvalue weighted by molar-refractivity contribution is -0.130. The third-order valence-electron chi connectivity index (χ3n) is 6.69. The van der Waals surface area contributed by atoms with Crippen molar-refractivity contribution in [2.24, 2.45) is 5.92 Å². The summed E-state index contributed by atoms with van der Waals surface area (Å²) in [5.41, 5.74) is 1.65. The van der Waals surface area contributed by atoms with Gasteiger partial charge in [-0.2, -0.15) is 0 Å². The van der Waals surface area contributed by atoms with Gasteiger partial charge < -0.3 is 19.6 Å². The topological polar surface area (TPSA) is 95.9 Å². The molecule has 8 nitrogen and oxygen atoms in total. The Hall–Kier alpha value is -4.29. The van der Waals surface area contributed by atoms with Gasteiger partial charge in [-0.1, -0.05) is 37.0 Å². The van der Waals surface area contributed by atoms with E-state index in [1.165, 1.54) is 12.3 Å². The monoisotopic (exact) mass is 530 g/mol. The maximum absolute atomic E-state index is 14.0. The van der Waals surface area contributed by atoms with Gasteiger partial charge in [0.25, 0.3) is 5.91 Å². The van der Waals surface area contributed by atoms with E-state index < -0.39 is 18.0 Å². The van der Waals surface area contributed by atoms with Crippen LogP contribution in [-0.4, -0.2) is 75.6 Å². The maximum atomic E-state index is 14.0. The standard InChI is InChI=1S/C30H31FN4O4/c1-20-17-35(21(2)19-36)30(38)25-13-23(10-11-24-8-4-5-9-26(24)31)16-33-29(25)39-27(20)18-34(3)28(37)14-22-7-6-12-32-15-22/h4-9,12-13,15-16,20-21,27,36H,14,17-19H2,1-3H3/t20-,21-,27-/m1/s1. The Bertz CT molecular complexity index is 1390. The number of hydrogen-bond donors (Lipinski definition) is 1. The highest BCUT2D eigenvalue weighted by atomic mass is 19.1. The largest absolute Gasteiger partial charge is 0.472 e. The molecule has 3 heterocycles. The molecule has 9 heteroatoms. The molecule has 202 valence electrons. The molecule has 3 atom stereocenters. The molecule has 0 bridgehead atoms. The summed E-state index contributed by atoms with van der Waals surface area (Å²) in [5, 5.41) is 9.86. The van der Waals surface area contributed by atoms with Crippen LogP contribution in [0, 0.1) is 23.6 Å². The molecule has 1 aliphatic heterocycles. The van der Waals surface area contributed by atoms with E-state index in [0.717, 1.165) is 5.56 Å². The van der Waals surface area contributed by atoms with Gasteiger partial charge in [0.2, 0.25) is 11.8 Å². The van der Waals surface area contributed by atoms with Gasteiger partial charge in [-0.25, -0.2) is 9.37 Å². The second-order valence-electron chi connectivity index (χ2n) is 9.74. The second-order valence-corrected chi connectivity index (χ2v) is 9.74. The smallest absolute Gasteiger partial charge is 0.259 e. The van der Waals surface area contributed by atoms with Gasteiger partial charge in [-0.05, 0) is 36.8 Å². The minimum atomic E-state index is -0.476. The number of fused-ring (bicyclic) bond motifs is 1. The van der Waals surface area contributed by atoms with Crippen molar-refractivity contribution in [1.82, 2.24) is 19.8 Å². The second kappa shape index (κ2) is 12.5. The minimum absolute atomic E-state index is 0.0931. The van der Waals surface area contributed by atoms with Crippen LogP contribution in [0.3, 0.4) is 0 Å². The summed E-state index contributed by atoms with van der Waals surface area (Å²) in [7, 11) is 1.71. The van der Waals surface area contributed by atoms with Gasteiger partial charge in [0.1, 0.15) is 17.5 Å². The first-order chi connectivity index (χ1) is 18.8. The predicted octanol–water partition coefficient (Wildman–Crippen LogP) is 2.94. The fraction of sp³-hybridized carbons (Fsp3) is 0.333. The lowest BCUT2D eigenvalue weighted by Crippen LogP contribution is -2.50. The lowest BCUT2D eigenvalue weighted by Gasteiger charge is -2.37. The number of rotatable bonds is 6. The van der Waals surface area contributed by atoms with Crippen LogP contribution in [0.25, 0.3) is 0 Å². The number of pyridine rings is 2. The number of likely N-dealkylation sites (N-methyl/N-ethyl adjacent to an activating group) is 1. The first-order valence-corrected chi connectivity index (χ1v) is 12.7. The van der Waals surface area contributed by atoms with Gasteiger partial charge in [-0.15, -0.1) is 0 Å². The zero-order valence-electron chi connectivity index (χ0n) is 22.2. The molecule has 1 N–H and O–H groups in total. The van der Waals surface area contributed by atoms with E-state index >= 15 is 0 Å². The molecule has 39 heavy (non-hydrogen) atoms. The van der Waals surface area contributed by atoms with Crippen LogP contribution in [-0.2, 0) is 11.2 Å². The van der Waals surface area contributed by atoms with Crippen LogP contribution >= 0.6 is 0 Å². The summed E-state index contributed by atoms with van der Waals surface area (Å²) >= 11 is 0. The first kappa shape index (κ1) is 27.7. The molecule has 0 fully saturated rings. The van der Waals surface area contributed by atoms with Gasteiger partial charge in [0.15, 0.2) is 0 Å². The molecular weight excluding hydrogens is 499 g/mol. The van der Waals surface area contributed by atoms with Crippen LogP contribution in [0.2, 0.25) is 0 Å². The first-order valence-electron chi connectivity index (χ1n) is 12.7. The van der Waals surface area contributed by atoms with E-state index in [1.807, 2.05) is 13.0 Å². The number of aromatic nitrogens is 2. The molecule has 0 aliphatic carbocycles. The van der Waals surface area contributed by atoms with E-state index in [4.69, 9.17) is 4.74 Å². The van der Waals surface area contributed by atoms with E-state index in [9.17, 15) is 19.1 Å². The molecule has 0 unspecified atom stereocenters. The van der Waals surface area contributed by atoms with E-state index in [-0.39, 0.29) is 54.3 Å². The molecule has 3 aromatic rings. The summed E-state index contributed by atoms with van der Waals surface area (Å²) in [5.74, 6) is 4.72. The molecule has 1 aliphatic rings. The Morgan fingerprint density at radius 2 is 2.05 bits per heavy atom. The molecule has 2 aromatic heterocycles. The average molecular weight is 531 g/mol. The summed E-state index contributed by atoms with van der Waals surface area (Å²) < 4.78 is 20.3. The van der Waals surface area contributed by atoms with E-state index in [1.54, 1.807) is 66.5 Å². The number of aliphatic hydroxyl groups excluding tert-OH is 1. The number of aliphatic hydroxyl groups is 1. The molecule has 0 spiro atoms. The van der Waals surface area contributed by atoms with Crippen LogP contribution in [0.5, 0.6) is 5.88 Å². The number of hydrogen-bond acceptors (Lipinski definition) is 6. The van der Waals surface area contributed by atoms with Crippen molar-refractivity contribution in [1.29, 1.82) is 0 Å². The maximum Gasteiger partial charge on any atom is 0.259 e. The highest BCUT2D eigenvalue weighted by molar-refractivity contribution is 5.97. The highest BCUT2D eigenvalue weighted by Crippen LogP contribution is 2.27. The molecule has 0 radical (unpaired) electrons. The average Bonchev–Trinajstić information content (AvgIpc) is 2.94. The van der Waals surface area contributed by atoms with Crippen LogP contribution in [0.1, 0.15) is 40.9 Å². The third-order valence-corrected chi connectivity index (χ3v) is 6.69. The molecule has 0 saturated heterocycles. The number of nitrogens with zero attached hydrogens (tertiary/aromatic N) is 4.